The number of rotatable bonds is 4. The molecule has 0 aliphatic heterocycles. The van der Waals surface area contributed by atoms with Gasteiger partial charge in [-0.05, 0) is 12.1 Å². The molecule has 0 fully saturated rings. The summed E-state index contributed by atoms with van der Waals surface area (Å²) in [7, 11) is 4.34. The van der Waals surface area contributed by atoms with Crippen molar-refractivity contribution in [3.63, 3.8) is 0 Å². The van der Waals surface area contributed by atoms with E-state index in [4.69, 9.17) is 9.47 Å². The van der Waals surface area contributed by atoms with Crippen LogP contribution in [0.25, 0.3) is 10.9 Å². The minimum atomic E-state index is -0.463. The van der Waals surface area contributed by atoms with Crippen LogP contribution in [0.4, 0.5) is 0 Å². The van der Waals surface area contributed by atoms with E-state index in [0.29, 0.717) is 22.6 Å². The molecule has 0 unspecified atom stereocenters. The van der Waals surface area contributed by atoms with Crippen molar-refractivity contribution in [3.8, 4) is 11.5 Å². The fourth-order valence-electron chi connectivity index (χ4n) is 1.94. The third-order valence-electron chi connectivity index (χ3n) is 2.99. The van der Waals surface area contributed by atoms with Gasteiger partial charge in [-0.2, -0.15) is 0 Å². The van der Waals surface area contributed by atoms with E-state index in [1.165, 1.54) is 21.3 Å². The number of hydrogen-bond acceptors (Lipinski definition) is 5. The molecule has 2 aromatic rings. The Morgan fingerprint density at radius 1 is 1.10 bits per heavy atom. The minimum absolute atomic E-state index is 0.0733. The summed E-state index contributed by atoms with van der Waals surface area (Å²) >= 11 is 0. The molecule has 0 atom stereocenters. The number of carbonyl (C=O) groups excluding carboxylic acids is 1. The Balaban J connectivity index is 2.57. The highest BCUT2D eigenvalue weighted by atomic mass is 16.5. The maximum absolute atomic E-state index is 11.9. The first-order chi connectivity index (χ1) is 9.58. The first-order valence-electron chi connectivity index (χ1n) is 5.93. The van der Waals surface area contributed by atoms with E-state index in [9.17, 15) is 9.59 Å². The molecule has 6 heteroatoms. The predicted octanol–water partition coefficient (Wildman–Crippen LogP) is 1.26. The van der Waals surface area contributed by atoms with E-state index >= 15 is 0 Å². The van der Waals surface area contributed by atoms with Crippen molar-refractivity contribution in [2.75, 3.05) is 21.3 Å². The first kappa shape index (κ1) is 13.9. The molecule has 0 aliphatic rings. The Bertz CT molecular complexity index is 705. The summed E-state index contributed by atoms with van der Waals surface area (Å²) in [5, 5.41) is 0.751. The van der Waals surface area contributed by atoms with Crippen molar-refractivity contribution in [2.45, 2.75) is 6.42 Å². The number of carbonyl (C=O) groups is 1. The molecule has 2 rings (SSSR count). The van der Waals surface area contributed by atoms with Crippen molar-refractivity contribution in [1.29, 1.82) is 0 Å². The molecule has 0 saturated carbocycles. The maximum atomic E-state index is 11.9. The number of pyridine rings is 1. The second kappa shape index (κ2) is 5.64. The molecule has 1 aromatic carbocycles. The molecular weight excluding hydrogens is 262 g/mol. The van der Waals surface area contributed by atoms with Gasteiger partial charge < -0.3 is 19.2 Å². The predicted molar refractivity (Wildman–Crippen MR) is 73.4 cm³/mol. The van der Waals surface area contributed by atoms with Crippen molar-refractivity contribution in [2.24, 2.45) is 0 Å². The van der Waals surface area contributed by atoms with Gasteiger partial charge >= 0.3 is 5.97 Å². The lowest BCUT2D eigenvalue weighted by molar-refractivity contribution is -0.139. The number of fused-ring (bicyclic) bond motifs is 1. The second-order valence-corrected chi connectivity index (χ2v) is 4.17. The van der Waals surface area contributed by atoms with Crippen LogP contribution >= 0.6 is 0 Å². The summed E-state index contributed by atoms with van der Waals surface area (Å²) in [6, 6.07) is 5.06. The molecule has 0 spiro atoms. The van der Waals surface area contributed by atoms with Gasteiger partial charge in [0, 0.05) is 17.0 Å². The standard InChI is InChI=1S/C14H15NO5/c1-18-11-5-8-4-9(6-13(16)20-3)14(17)15-10(8)7-12(11)19-2/h4-5,7H,6H2,1-3H3,(H,15,17). The number of methoxy groups -OCH3 is 3. The van der Waals surface area contributed by atoms with Crippen LogP contribution in [0.3, 0.4) is 0 Å². The van der Waals surface area contributed by atoms with Crippen LogP contribution in [-0.2, 0) is 16.0 Å². The highest BCUT2D eigenvalue weighted by Crippen LogP contribution is 2.31. The van der Waals surface area contributed by atoms with Gasteiger partial charge in [-0.25, -0.2) is 0 Å². The summed E-state index contributed by atoms with van der Waals surface area (Å²) < 4.78 is 14.9. The van der Waals surface area contributed by atoms with Gasteiger partial charge in [-0.1, -0.05) is 0 Å². The van der Waals surface area contributed by atoms with Crippen molar-refractivity contribution < 1.29 is 19.0 Å². The van der Waals surface area contributed by atoms with Gasteiger partial charge in [0.25, 0.3) is 5.56 Å². The molecule has 0 aliphatic carbocycles. The molecule has 106 valence electrons. The van der Waals surface area contributed by atoms with E-state index in [1.54, 1.807) is 18.2 Å². The first-order valence-corrected chi connectivity index (χ1v) is 5.93. The average molecular weight is 277 g/mol. The molecule has 0 bridgehead atoms. The van der Waals surface area contributed by atoms with Crippen molar-refractivity contribution >= 4 is 16.9 Å². The molecule has 0 amide bonds. The molecule has 1 aromatic heterocycles. The van der Waals surface area contributed by atoms with E-state index < -0.39 is 5.97 Å². The summed E-state index contributed by atoms with van der Waals surface area (Å²) in [5.74, 6) is 0.614. The van der Waals surface area contributed by atoms with Gasteiger partial charge in [0.1, 0.15) is 0 Å². The van der Waals surface area contributed by atoms with Gasteiger partial charge in [0.05, 0.1) is 33.3 Å². The summed E-state index contributed by atoms with van der Waals surface area (Å²) in [4.78, 5) is 25.9. The zero-order valence-corrected chi connectivity index (χ0v) is 11.5. The molecular formula is C14H15NO5. The van der Waals surface area contributed by atoms with E-state index in [1.807, 2.05) is 0 Å². The number of aromatic amines is 1. The Labute approximate surface area is 115 Å². The summed E-state index contributed by atoms with van der Waals surface area (Å²) in [6.45, 7) is 0. The lowest BCUT2D eigenvalue weighted by Gasteiger charge is -2.09. The summed E-state index contributed by atoms with van der Waals surface area (Å²) in [6.07, 6.45) is -0.0733. The fourth-order valence-corrected chi connectivity index (χ4v) is 1.94. The van der Waals surface area contributed by atoms with Crippen LogP contribution < -0.4 is 15.0 Å². The van der Waals surface area contributed by atoms with E-state index in [-0.39, 0.29) is 12.0 Å². The highest BCUT2D eigenvalue weighted by Gasteiger charge is 2.11. The molecule has 0 radical (unpaired) electrons. The number of ether oxygens (including phenoxy) is 3. The van der Waals surface area contributed by atoms with Crippen molar-refractivity contribution in [1.82, 2.24) is 4.98 Å². The lowest BCUT2D eigenvalue weighted by Crippen LogP contribution is -2.17. The highest BCUT2D eigenvalue weighted by molar-refractivity contribution is 5.84. The van der Waals surface area contributed by atoms with Gasteiger partial charge in [-0.3, -0.25) is 9.59 Å². The van der Waals surface area contributed by atoms with Crippen LogP contribution in [0.15, 0.2) is 23.0 Å². The second-order valence-electron chi connectivity index (χ2n) is 4.17. The fraction of sp³-hybridized carbons (Fsp3) is 0.286. The molecule has 20 heavy (non-hydrogen) atoms. The Hall–Kier alpha value is -2.50. The quantitative estimate of drug-likeness (QED) is 0.851. The largest absolute Gasteiger partial charge is 0.493 e. The SMILES string of the molecule is COC(=O)Cc1cc2cc(OC)c(OC)cc2[nH]c1=O. The third kappa shape index (κ3) is 2.59. The van der Waals surface area contributed by atoms with Crippen LogP contribution in [0, 0.1) is 0 Å². The minimum Gasteiger partial charge on any atom is -0.493 e. The molecule has 1 heterocycles. The summed E-state index contributed by atoms with van der Waals surface area (Å²) in [5.41, 5.74) is 0.632. The van der Waals surface area contributed by atoms with E-state index in [0.717, 1.165) is 5.39 Å². The number of aromatic nitrogens is 1. The zero-order valence-electron chi connectivity index (χ0n) is 11.5. The van der Waals surface area contributed by atoms with E-state index in [2.05, 4.69) is 9.72 Å². The van der Waals surface area contributed by atoms with Crippen LogP contribution in [-0.4, -0.2) is 32.3 Å². The van der Waals surface area contributed by atoms with Crippen LogP contribution in [0.2, 0.25) is 0 Å². The topological polar surface area (TPSA) is 77.6 Å². The average Bonchev–Trinajstić information content (AvgIpc) is 2.46. The smallest absolute Gasteiger partial charge is 0.310 e. The van der Waals surface area contributed by atoms with Crippen LogP contribution in [0.5, 0.6) is 11.5 Å². The number of H-pyrrole nitrogens is 1. The van der Waals surface area contributed by atoms with Gasteiger partial charge in [-0.15, -0.1) is 0 Å². The van der Waals surface area contributed by atoms with Gasteiger partial charge in [0.2, 0.25) is 0 Å². The third-order valence-corrected chi connectivity index (χ3v) is 2.99. The Morgan fingerprint density at radius 3 is 2.35 bits per heavy atom. The zero-order chi connectivity index (χ0) is 14.7. The molecule has 0 saturated heterocycles. The monoisotopic (exact) mass is 277 g/mol. The lowest BCUT2D eigenvalue weighted by atomic mass is 10.1. The number of nitrogens with one attached hydrogen (secondary N) is 1. The Morgan fingerprint density at radius 2 is 1.75 bits per heavy atom. The normalized spacial score (nSPS) is 10.3. The van der Waals surface area contributed by atoms with Crippen LogP contribution in [0.1, 0.15) is 5.56 Å². The maximum Gasteiger partial charge on any atom is 0.310 e. The number of hydrogen-bond donors (Lipinski definition) is 1. The number of benzene rings is 1. The molecule has 1 N–H and O–H groups in total. The molecule has 6 nitrogen and oxygen atoms in total. The number of esters is 1. The van der Waals surface area contributed by atoms with Gasteiger partial charge in [0.15, 0.2) is 11.5 Å². The Kier molecular flexibility index (Phi) is 3.93. The van der Waals surface area contributed by atoms with Crippen molar-refractivity contribution in [3.05, 3.63) is 34.1 Å².